The maximum absolute atomic E-state index is 11.5. The molecule has 0 spiro atoms. The Balaban J connectivity index is 3.06. The van der Waals surface area contributed by atoms with Crippen molar-refractivity contribution < 1.29 is 9.90 Å². The molecule has 0 fully saturated rings. The Bertz CT molecular complexity index is 455. The molecular weight excluding hydrogens is 204 g/mol. The highest BCUT2D eigenvalue weighted by molar-refractivity contribution is 6.02. The zero-order valence-corrected chi connectivity index (χ0v) is 8.50. The molecule has 0 aliphatic heterocycles. The summed E-state index contributed by atoms with van der Waals surface area (Å²) >= 11 is 0. The van der Waals surface area contributed by atoms with Gasteiger partial charge in [-0.05, 0) is 30.3 Å². The standard InChI is InChI=1S/C12H10N2O2/c1-2-12(16)14(9-3-8-13)10-4-6-11(15)7-5-10/h2-7,9,15H,1H2. The summed E-state index contributed by atoms with van der Waals surface area (Å²) in [6.45, 7) is 3.38. The van der Waals surface area contributed by atoms with Gasteiger partial charge >= 0.3 is 0 Å². The average molecular weight is 214 g/mol. The summed E-state index contributed by atoms with van der Waals surface area (Å²) in [5.74, 6) is -0.240. The van der Waals surface area contributed by atoms with Crippen LogP contribution in [0.25, 0.3) is 0 Å². The van der Waals surface area contributed by atoms with Crippen LogP contribution in [0.4, 0.5) is 5.69 Å². The number of benzene rings is 1. The van der Waals surface area contributed by atoms with Gasteiger partial charge in [0.2, 0.25) is 0 Å². The second-order valence-corrected chi connectivity index (χ2v) is 2.87. The molecule has 0 aliphatic carbocycles. The van der Waals surface area contributed by atoms with Gasteiger partial charge in [0.1, 0.15) is 5.75 Å². The second kappa shape index (κ2) is 5.37. The summed E-state index contributed by atoms with van der Waals surface area (Å²) in [4.78, 5) is 12.7. The van der Waals surface area contributed by atoms with Crippen LogP contribution in [-0.2, 0) is 4.79 Å². The van der Waals surface area contributed by atoms with E-state index in [2.05, 4.69) is 6.58 Å². The molecule has 1 N–H and O–H groups in total. The van der Waals surface area contributed by atoms with Crippen molar-refractivity contribution >= 4 is 11.6 Å². The number of anilines is 1. The Morgan fingerprint density at radius 2 is 2.06 bits per heavy atom. The Kier molecular flexibility index (Phi) is 3.87. The lowest BCUT2D eigenvalue weighted by molar-refractivity contribution is -0.113. The van der Waals surface area contributed by atoms with E-state index in [1.807, 2.05) is 0 Å². The quantitative estimate of drug-likeness (QED) is 0.617. The van der Waals surface area contributed by atoms with Crippen molar-refractivity contribution in [3.63, 3.8) is 0 Å². The number of phenolic OH excluding ortho intramolecular Hbond substituents is 1. The first-order chi connectivity index (χ1) is 7.69. The van der Waals surface area contributed by atoms with Crippen LogP contribution < -0.4 is 4.90 Å². The summed E-state index contributed by atoms with van der Waals surface area (Å²) in [5.41, 5.74) is 0.550. The van der Waals surface area contributed by atoms with Gasteiger partial charge < -0.3 is 5.11 Å². The molecule has 80 valence electrons. The molecule has 1 aromatic rings. The van der Waals surface area contributed by atoms with E-state index in [0.717, 1.165) is 6.08 Å². The number of carbonyl (C=O) groups is 1. The van der Waals surface area contributed by atoms with Crippen molar-refractivity contribution in [3.05, 3.63) is 49.2 Å². The molecule has 16 heavy (non-hydrogen) atoms. The first-order valence-electron chi connectivity index (χ1n) is 4.50. The van der Waals surface area contributed by atoms with Gasteiger partial charge in [0.25, 0.3) is 5.91 Å². The minimum atomic E-state index is -0.350. The van der Waals surface area contributed by atoms with E-state index in [9.17, 15) is 4.79 Å². The van der Waals surface area contributed by atoms with Crippen LogP contribution in [0, 0.1) is 11.3 Å². The monoisotopic (exact) mass is 214 g/mol. The predicted octanol–water partition coefficient (Wildman–Crippen LogP) is 1.95. The molecule has 0 bridgehead atoms. The van der Waals surface area contributed by atoms with Crippen molar-refractivity contribution in [1.82, 2.24) is 0 Å². The number of aromatic hydroxyl groups is 1. The van der Waals surface area contributed by atoms with Crippen LogP contribution >= 0.6 is 0 Å². The summed E-state index contributed by atoms with van der Waals surface area (Å²) < 4.78 is 0. The highest BCUT2D eigenvalue weighted by Crippen LogP contribution is 2.19. The van der Waals surface area contributed by atoms with E-state index in [4.69, 9.17) is 10.4 Å². The van der Waals surface area contributed by atoms with E-state index >= 15 is 0 Å². The number of carbonyl (C=O) groups excluding carboxylic acids is 1. The lowest BCUT2D eigenvalue weighted by atomic mass is 10.2. The number of nitriles is 1. The van der Waals surface area contributed by atoms with Gasteiger partial charge in [-0.15, -0.1) is 0 Å². The zero-order valence-electron chi connectivity index (χ0n) is 8.50. The molecular formula is C12H10N2O2. The lowest BCUT2D eigenvalue weighted by Crippen LogP contribution is -2.22. The van der Waals surface area contributed by atoms with Crippen molar-refractivity contribution in [2.45, 2.75) is 0 Å². The molecule has 0 aliphatic rings. The van der Waals surface area contributed by atoms with Gasteiger partial charge in [0, 0.05) is 18.0 Å². The Labute approximate surface area is 93.4 Å². The minimum absolute atomic E-state index is 0.110. The van der Waals surface area contributed by atoms with Crippen LogP contribution in [0.15, 0.2) is 49.2 Å². The van der Waals surface area contributed by atoms with Crippen LogP contribution in [0.2, 0.25) is 0 Å². The number of nitrogens with zero attached hydrogens (tertiary/aromatic N) is 2. The van der Waals surface area contributed by atoms with Crippen molar-refractivity contribution in [3.8, 4) is 11.8 Å². The van der Waals surface area contributed by atoms with Crippen molar-refractivity contribution in [2.24, 2.45) is 0 Å². The summed E-state index contributed by atoms with van der Waals surface area (Å²) in [5, 5.41) is 17.5. The normalized spacial score (nSPS) is 9.69. The van der Waals surface area contributed by atoms with Crippen LogP contribution in [-0.4, -0.2) is 11.0 Å². The van der Waals surface area contributed by atoms with Crippen molar-refractivity contribution in [2.75, 3.05) is 4.90 Å². The zero-order chi connectivity index (χ0) is 12.0. The molecule has 4 nitrogen and oxygen atoms in total. The van der Waals surface area contributed by atoms with E-state index in [1.165, 1.54) is 29.3 Å². The summed E-state index contributed by atoms with van der Waals surface area (Å²) in [7, 11) is 0. The number of hydrogen-bond donors (Lipinski definition) is 1. The molecule has 0 unspecified atom stereocenters. The van der Waals surface area contributed by atoms with Gasteiger partial charge in [-0.3, -0.25) is 9.69 Å². The van der Waals surface area contributed by atoms with Gasteiger partial charge in [-0.25, -0.2) is 0 Å². The maximum atomic E-state index is 11.5. The molecule has 0 atom stereocenters. The molecule has 1 amide bonds. The molecule has 0 heterocycles. The maximum Gasteiger partial charge on any atom is 0.254 e. The lowest BCUT2D eigenvalue weighted by Gasteiger charge is -2.15. The van der Waals surface area contributed by atoms with E-state index in [0.29, 0.717) is 5.69 Å². The van der Waals surface area contributed by atoms with Crippen molar-refractivity contribution in [1.29, 1.82) is 5.26 Å². The molecule has 1 rings (SSSR count). The smallest absolute Gasteiger partial charge is 0.254 e. The minimum Gasteiger partial charge on any atom is -0.508 e. The highest BCUT2D eigenvalue weighted by Gasteiger charge is 2.08. The summed E-state index contributed by atoms with van der Waals surface area (Å²) in [6, 6.07) is 7.85. The van der Waals surface area contributed by atoms with E-state index < -0.39 is 0 Å². The largest absolute Gasteiger partial charge is 0.508 e. The SMILES string of the molecule is C=CC(=O)N(C=CC#N)c1ccc(O)cc1. The van der Waals surface area contributed by atoms with Crippen LogP contribution in [0.1, 0.15) is 0 Å². The number of amides is 1. The van der Waals surface area contributed by atoms with Gasteiger partial charge in [0.05, 0.1) is 6.07 Å². The second-order valence-electron chi connectivity index (χ2n) is 2.87. The highest BCUT2D eigenvalue weighted by atomic mass is 16.3. The van der Waals surface area contributed by atoms with E-state index in [-0.39, 0.29) is 11.7 Å². The molecule has 0 saturated carbocycles. The Hall–Kier alpha value is -2.54. The third kappa shape index (κ3) is 2.72. The number of allylic oxidation sites excluding steroid dienone is 1. The summed E-state index contributed by atoms with van der Waals surface area (Å²) in [6.07, 6.45) is 3.68. The molecule has 1 aromatic carbocycles. The van der Waals surface area contributed by atoms with Gasteiger partial charge in [0.15, 0.2) is 0 Å². The van der Waals surface area contributed by atoms with Gasteiger partial charge in [-0.1, -0.05) is 6.58 Å². The average Bonchev–Trinajstić information content (AvgIpc) is 2.31. The fraction of sp³-hybridized carbons (Fsp3) is 0. The number of phenols is 1. The Morgan fingerprint density at radius 3 is 2.56 bits per heavy atom. The van der Waals surface area contributed by atoms with E-state index in [1.54, 1.807) is 18.2 Å². The predicted molar refractivity (Wildman–Crippen MR) is 60.5 cm³/mol. The fourth-order valence-corrected chi connectivity index (χ4v) is 1.11. The molecule has 0 aromatic heterocycles. The molecule has 0 radical (unpaired) electrons. The Morgan fingerprint density at radius 1 is 1.44 bits per heavy atom. The molecule has 4 heteroatoms. The van der Waals surface area contributed by atoms with Crippen LogP contribution in [0.5, 0.6) is 5.75 Å². The third-order valence-corrected chi connectivity index (χ3v) is 1.84. The van der Waals surface area contributed by atoms with Crippen LogP contribution in [0.3, 0.4) is 0 Å². The van der Waals surface area contributed by atoms with Gasteiger partial charge in [-0.2, -0.15) is 5.26 Å². The number of hydrogen-bond acceptors (Lipinski definition) is 3. The topological polar surface area (TPSA) is 64.3 Å². The first kappa shape index (κ1) is 11.5. The number of rotatable bonds is 3. The first-order valence-corrected chi connectivity index (χ1v) is 4.50. The molecule has 0 saturated heterocycles. The fourth-order valence-electron chi connectivity index (χ4n) is 1.11. The third-order valence-electron chi connectivity index (χ3n) is 1.84.